The van der Waals surface area contributed by atoms with Crippen LogP contribution in [0.15, 0.2) is 182 Å². The normalized spacial score (nSPS) is 11.8. The lowest BCUT2D eigenvalue weighted by molar-refractivity contribution is 1.33. The molecular formula is C51H30N4S3. The predicted octanol–water partition coefficient (Wildman–Crippen LogP) is 15.4. The highest BCUT2D eigenvalue weighted by Crippen LogP contribution is 2.49. The van der Waals surface area contributed by atoms with Gasteiger partial charge in [-0.25, -0.2) is 15.0 Å². The average molecular weight is 795 g/mol. The van der Waals surface area contributed by atoms with Crippen LogP contribution in [0.3, 0.4) is 0 Å². The fourth-order valence-corrected chi connectivity index (χ4v) is 11.4. The van der Waals surface area contributed by atoms with Crippen molar-refractivity contribution in [1.82, 2.24) is 15.0 Å². The Bertz CT molecular complexity index is 3090. The Morgan fingerprint density at radius 1 is 0.276 bits per heavy atom. The second kappa shape index (κ2) is 13.4. The van der Waals surface area contributed by atoms with Crippen LogP contribution in [-0.4, -0.2) is 15.0 Å². The third kappa shape index (κ3) is 5.36. The summed E-state index contributed by atoms with van der Waals surface area (Å²) in [5, 5.41) is 10.00. The number of para-hydroxylation sites is 3. The molecule has 0 aliphatic heterocycles. The van der Waals surface area contributed by atoms with Gasteiger partial charge in [0.2, 0.25) is 0 Å². The van der Waals surface area contributed by atoms with Crippen molar-refractivity contribution in [3.63, 3.8) is 0 Å². The molecule has 0 amide bonds. The third-order valence-electron chi connectivity index (χ3n) is 11.0. The van der Waals surface area contributed by atoms with E-state index in [1.807, 2.05) is 0 Å². The van der Waals surface area contributed by atoms with Crippen molar-refractivity contribution in [3.05, 3.63) is 182 Å². The van der Waals surface area contributed by atoms with Crippen LogP contribution in [0.1, 0.15) is 0 Å². The van der Waals surface area contributed by atoms with Gasteiger partial charge >= 0.3 is 0 Å². The topological polar surface area (TPSA) is 41.9 Å². The predicted molar refractivity (Wildman–Crippen MR) is 249 cm³/mol. The van der Waals surface area contributed by atoms with Crippen LogP contribution >= 0.6 is 34.0 Å². The molecular weight excluding hydrogens is 765 g/mol. The largest absolute Gasteiger partial charge is 0.309 e. The first-order valence-corrected chi connectivity index (χ1v) is 21.6. The molecule has 58 heavy (non-hydrogen) atoms. The highest BCUT2D eigenvalue weighted by atomic mass is 32.1. The van der Waals surface area contributed by atoms with E-state index in [-0.39, 0.29) is 0 Å². The second-order valence-corrected chi connectivity index (χ2v) is 17.4. The van der Waals surface area contributed by atoms with Crippen LogP contribution in [-0.2, 0) is 0 Å². The summed E-state index contributed by atoms with van der Waals surface area (Å²) in [6, 6.07) is 65.2. The summed E-state index contributed by atoms with van der Waals surface area (Å²) in [4.78, 5) is 17.8. The van der Waals surface area contributed by atoms with Gasteiger partial charge in [0, 0.05) is 32.8 Å². The van der Waals surface area contributed by atoms with Crippen molar-refractivity contribution >= 4 is 114 Å². The minimum Gasteiger partial charge on any atom is -0.309 e. The maximum absolute atomic E-state index is 5.11. The zero-order valence-electron chi connectivity index (χ0n) is 30.8. The van der Waals surface area contributed by atoms with Crippen LogP contribution in [0.25, 0.3) is 94.7 Å². The number of hydrogen-bond acceptors (Lipinski definition) is 7. The summed E-state index contributed by atoms with van der Waals surface area (Å²) < 4.78 is 3.56. The molecule has 7 heteroatoms. The summed E-state index contributed by atoms with van der Waals surface area (Å²) in [5.41, 5.74) is 9.75. The van der Waals surface area contributed by atoms with E-state index >= 15 is 0 Å². The molecule has 272 valence electrons. The van der Waals surface area contributed by atoms with Gasteiger partial charge in [-0.05, 0) is 89.0 Å². The Hall–Kier alpha value is -6.77. The SMILES string of the molecule is c1ccc2sc(-c3ccc(N(c4ccc(-c5nc6ccccc6s5)c5ccccc45)c4ccc(-c5nc6ccccc6s5)c5ccccc45)c4ccccc34)nc2c1. The van der Waals surface area contributed by atoms with Crippen LogP contribution in [0.4, 0.5) is 17.1 Å². The van der Waals surface area contributed by atoms with Crippen LogP contribution in [0.2, 0.25) is 0 Å². The standard InChI is InChI=1S/C51H30N4S3/c1-4-16-34-31(13-1)37(49-52-40-19-7-10-22-46(40)56-49)25-28-43(34)55(44-29-26-38(32-14-2-5-17-35(32)44)50-53-41-20-8-11-23-47(41)57-50)45-30-27-39(33-15-3-6-18-36(33)45)51-54-42-21-9-12-24-48(42)58-51/h1-30H. The van der Waals surface area contributed by atoms with Crippen molar-refractivity contribution < 1.29 is 0 Å². The van der Waals surface area contributed by atoms with Gasteiger partial charge in [-0.1, -0.05) is 109 Å². The molecule has 0 bridgehead atoms. The van der Waals surface area contributed by atoms with Gasteiger partial charge in [0.25, 0.3) is 0 Å². The lowest BCUT2D eigenvalue weighted by Gasteiger charge is -2.30. The fourth-order valence-electron chi connectivity index (χ4n) is 8.35. The van der Waals surface area contributed by atoms with Crippen molar-refractivity contribution in [2.45, 2.75) is 0 Å². The number of rotatable bonds is 6. The van der Waals surface area contributed by atoms with E-state index in [0.717, 1.165) is 97.6 Å². The highest BCUT2D eigenvalue weighted by Gasteiger charge is 2.24. The van der Waals surface area contributed by atoms with Gasteiger partial charge in [0.15, 0.2) is 0 Å². The number of fused-ring (bicyclic) bond motifs is 6. The molecule has 0 atom stereocenters. The van der Waals surface area contributed by atoms with Gasteiger partial charge in [-0.2, -0.15) is 0 Å². The van der Waals surface area contributed by atoms with E-state index < -0.39 is 0 Å². The van der Waals surface area contributed by atoms with Crippen LogP contribution < -0.4 is 4.90 Å². The molecule has 0 N–H and O–H groups in total. The zero-order chi connectivity index (χ0) is 38.2. The van der Waals surface area contributed by atoms with Crippen molar-refractivity contribution in [2.75, 3.05) is 4.90 Å². The minimum absolute atomic E-state index is 1.02. The Kier molecular flexibility index (Phi) is 7.72. The first-order chi connectivity index (χ1) is 28.7. The summed E-state index contributed by atoms with van der Waals surface area (Å²) in [5.74, 6) is 0. The fraction of sp³-hybridized carbons (Fsp3) is 0. The number of anilines is 3. The van der Waals surface area contributed by atoms with E-state index in [2.05, 4.69) is 187 Å². The smallest absolute Gasteiger partial charge is 0.125 e. The summed E-state index contributed by atoms with van der Waals surface area (Å²) in [7, 11) is 0. The first kappa shape index (κ1) is 33.4. The van der Waals surface area contributed by atoms with Gasteiger partial charge < -0.3 is 4.90 Å². The van der Waals surface area contributed by atoms with Crippen LogP contribution in [0, 0.1) is 0 Å². The number of nitrogens with zero attached hydrogens (tertiary/aromatic N) is 4. The van der Waals surface area contributed by atoms with Gasteiger partial charge in [-0.3, -0.25) is 0 Å². The van der Waals surface area contributed by atoms with E-state index in [9.17, 15) is 0 Å². The monoisotopic (exact) mass is 794 g/mol. The second-order valence-electron chi connectivity index (χ2n) is 14.3. The van der Waals surface area contributed by atoms with Crippen molar-refractivity contribution in [1.29, 1.82) is 0 Å². The quantitative estimate of drug-likeness (QED) is 0.168. The maximum atomic E-state index is 5.11. The lowest BCUT2D eigenvalue weighted by atomic mass is 9.97. The molecule has 0 aliphatic rings. The first-order valence-electron chi connectivity index (χ1n) is 19.2. The third-order valence-corrected chi connectivity index (χ3v) is 14.2. The van der Waals surface area contributed by atoms with E-state index in [4.69, 9.17) is 15.0 Å². The Morgan fingerprint density at radius 2 is 0.552 bits per heavy atom. The highest BCUT2D eigenvalue weighted by molar-refractivity contribution is 7.22. The van der Waals surface area contributed by atoms with Gasteiger partial charge in [0.05, 0.1) is 47.7 Å². The molecule has 4 nitrogen and oxygen atoms in total. The van der Waals surface area contributed by atoms with Crippen molar-refractivity contribution in [3.8, 4) is 31.7 Å². The average Bonchev–Trinajstić information content (AvgIpc) is 4.04. The molecule has 12 rings (SSSR count). The molecule has 0 unspecified atom stereocenters. The van der Waals surface area contributed by atoms with Gasteiger partial charge in [0.1, 0.15) is 15.0 Å². The molecule has 0 fully saturated rings. The van der Waals surface area contributed by atoms with E-state index in [1.165, 1.54) is 14.1 Å². The molecule has 3 aromatic heterocycles. The number of hydrogen-bond donors (Lipinski definition) is 0. The molecule has 0 saturated carbocycles. The number of aromatic nitrogens is 3. The van der Waals surface area contributed by atoms with Crippen molar-refractivity contribution in [2.24, 2.45) is 0 Å². The zero-order valence-corrected chi connectivity index (χ0v) is 33.3. The molecule has 9 aromatic carbocycles. The summed E-state index contributed by atoms with van der Waals surface area (Å²) in [6.45, 7) is 0. The lowest BCUT2D eigenvalue weighted by Crippen LogP contribution is -2.12. The Labute approximate surface area is 345 Å². The number of benzene rings is 9. The van der Waals surface area contributed by atoms with Gasteiger partial charge in [-0.15, -0.1) is 34.0 Å². The maximum Gasteiger partial charge on any atom is 0.125 e. The van der Waals surface area contributed by atoms with E-state index in [0.29, 0.717) is 0 Å². The Balaban J connectivity index is 1.13. The molecule has 0 aliphatic carbocycles. The molecule has 0 saturated heterocycles. The molecule has 0 spiro atoms. The molecule has 0 radical (unpaired) electrons. The molecule has 3 heterocycles. The summed E-state index contributed by atoms with van der Waals surface area (Å²) >= 11 is 5.23. The molecule has 12 aromatic rings. The summed E-state index contributed by atoms with van der Waals surface area (Å²) in [6.07, 6.45) is 0. The van der Waals surface area contributed by atoms with Crippen LogP contribution in [0.5, 0.6) is 0 Å². The van der Waals surface area contributed by atoms with E-state index in [1.54, 1.807) is 34.0 Å². The minimum atomic E-state index is 1.02. The Morgan fingerprint density at radius 3 is 0.862 bits per heavy atom. The number of thiazole rings is 3.